The number of ether oxygens (including phenoxy) is 2. The van der Waals surface area contributed by atoms with E-state index < -0.39 is 5.97 Å². The highest BCUT2D eigenvalue weighted by Crippen LogP contribution is 2.38. The molecule has 0 atom stereocenters. The van der Waals surface area contributed by atoms with Gasteiger partial charge in [0, 0.05) is 34.0 Å². The van der Waals surface area contributed by atoms with Crippen LogP contribution in [0.15, 0.2) is 60.0 Å². The summed E-state index contributed by atoms with van der Waals surface area (Å²) >= 11 is 1.42. The Hall–Kier alpha value is -3.59. The summed E-state index contributed by atoms with van der Waals surface area (Å²) in [5.41, 5.74) is 1.93. The fourth-order valence-electron chi connectivity index (χ4n) is 3.44. The van der Waals surface area contributed by atoms with Crippen LogP contribution < -0.4 is 4.74 Å². The van der Waals surface area contributed by atoms with Gasteiger partial charge < -0.3 is 19.1 Å². The lowest BCUT2D eigenvalue weighted by Crippen LogP contribution is -2.11. The molecule has 0 aliphatic heterocycles. The summed E-state index contributed by atoms with van der Waals surface area (Å²) < 4.78 is 25.7. The van der Waals surface area contributed by atoms with Crippen molar-refractivity contribution in [1.29, 1.82) is 0 Å². The molecule has 7 nitrogen and oxygen atoms in total. The van der Waals surface area contributed by atoms with Crippen LogP contribution in [0.5, 0.6) is 11.5 Å². The second-order valence-corrected chi connectivity index (χ2v) is 8.21. The van der Waals surface area contributed by atoms with Crippen LogP contribution in [-0.4, -0.2) is 39.3 Å². The number of methoxy groups -OCH3 is 1. The average Bonchev–Trinajstić information content (AvgIpc) is 3.33. The predicted molar refractivity (Wildman–Crippen MR) is 123 cm³/mol. The fourth-order valence-corrected chi connectivity index (χ4v) is 4.29. The molecule has 1 N–H and O–H groups in total. The molecular formula is C24H22FN3O4S. The van der Waals surface area contributed by atoms with E-state index in [1.807, 2.05) is 4.57 Å². The number of carbonyl (C=O) groups is 1. The van der Waals surface area contributed by atoms with Crippen LogP contribution in [0.3, 0.4) is 0 Å². The van der Waals surface area contributed by atoms with Crippen molar-refractivity contribution in [3.05, 3.63) is 77.8 Å². The Bertz CT molecular complexity index is 1280. The van der Waals surface area contributed by atoms with Crippen molar-refractivity contribution in [2.24, 2.45) is 0 Å². The monoisotopic (exact) mass is 467 g/mol. The van der Waals surface area contributed by atoms with Gasteiger partial charge in [-0.1, -0.05) is 0 Å². The van der Waals surface area contributed by atoms with Crippen LogP contribution in [-0.2, 0) is 17.0 Å². The summed E-state index contributed by atoms with van der Waals surface area (Å²) in [6.45, 7) is 2.28. The number of phenolic OH excluding ortho intramolecular Hbond substituents is 1. The molecule has 0 saturated heterocycles. The number of thioether (sulfide) groups is 1. The molecule has 0 aliphatic rings. The largest absolute Gasteiger partial charge is 0.504 e. The van der Waals surface area contributed by atoms with Gasteiger partial charge in [-0.25, -0.2) is 14.2 Å². The van der Waals surface area contributed by atoms with Gasteiger partial charge in [0.2, 0.25) is 0 Å². The predicted octanol–water partition coefficient (Wildman–Crippen LogP) is 4.80. The number of aromatic nitrogens is 3. The van der Waals surface area contributed by atoms with Gasteiger partial charge in [-0.15, -0.1) is 11.8 Å². The quantitative estimate of drug-likeness (QED) is 0.294. The van der Waals surface area contributed by atoms with E-state index in [9.17, 15) is 14.3 Å². The first-order chi connectivity index (χ1) is 16.0. The zero-order valence-corrected chi connectivity index (χ0v) is 18.9. The van der Waals surface area contributed by atoms with E-state index in [0.29, 0.717) is 40.0 Å². The number of hydrogen-bond donors (Lipinski definition) is 1. The number of benzene rings is 2. The van der Waals surface area contributed by atoms with Crippen molar-refractivity contribution >= 4 is 28.6 Å². The number of hydrogen-bond acceptors (Lipinski definition) is 7. The summed E-state index contributed by atoms with van der Waals surface area (Å²) in [6.07, 6.45) is 5.07. The number of rotatable bonds is 8. The van der Waals surface area contributed by atoms with Crippen molar-refractivity contribution in [2.75, 3.05) is 13.7 Å². The molecule has 0 fully saturated rings. The van der Waals surface area contributed by atoms with Crippen molar-refractivity contribution in [3.63, 3.8) is 0 Å². The molecular weight excluding hydrogens is 445 g/mol. The highest BCUT2D eigenvalue weighted by molar-refractivity contribution is 7.98. The van der Waals surface area contributed by atoms with Crippen LogP contribution in [0.1, 0.15) is 28.5 Å². The molecule has 0 amide bonds. The molecule has 4 rings (SSSR count). The number of carbonyl (C=O) groups excluding carboxylic acids is 1. The first-order valence-electron chi connectivity index (χ1n) is 10.2. The first kappa shape index (κ1) is 22.6. The lowest BCUT2D eigenvalue weighted by Gasteiger charge is -2.16. The third kappa shape index (κ3) is 4.93. The Kier molecular flexibility index (Phi) is 6.79. The molecule has 0 unspecified atom stereocenters. The van der Waals surface area contributed by atoms with Crippen LogP contribution in [0.4, 0.5) is 4.39 Å². The third-order valence-corrected chi connectivity index (χ3v) is 6.05. The molecule has 0 aliphatic carbocycles. The minimum Gasteiger partial charge on any atom is -0.504 e. The summed E-state index contributed by atoms with van der Waals surface area (Å²) in [5.74, 6) is -0.184. The van der Waals surface area contributed by atoms with Crippen LogP contribution >= 0.6 is 11.8 Å². The van der Waals surface area contributed by atoms with E-state index in [1.165, 1.54) is 31.0 Å². The Morgan fingerprint density at radius 1 is 1.24 bits per heavy atom. The molecule has 9 heteroatoms. The van der Waals surface area contributed by atoms with E-state index in [-0.39, 0.29) is 23.9 Å². The van der Waals surface area contributed by atoms with E-state index >= 15 is 0 Å². The molecule has 2 heterocycles. The average molecular weight is 468 g/mol. The number of phenols is 1. The highest BCUT2D eigenvalue weighted by Gasteiger charge is 2.21. The van der Waals surface area contributed by atoms with Gasteiger partial charge in [0.15, 0.2) is 11.5 Å². The zero-order chi connectivity index (χ0) is 23.4. The molecule has 0 radical (unpaired) electrons. The Labute approximate surface area is 194 Å². The lowest BCUT2D eigenvalue weighted by molar-refractivity contribution is 0.0525. The van der Waals surface area contributed by atoms with Gasteiger partial charge >= 0.3 is 5.97 Å². The summed E-state index contributed by atoms with van der Waals surface area (Å²) in [5, 5.41) is 11.5. The Morgan fingerprint density at radius 2 is 2.03 bits per heavy atom. The second kappa shape index (κ2) is 9.91. The van der Waals surface area contributed by atoms with Crippen molar-refractivity contribution in [3.8, 4) is 11.5 Å². The molecule has 0 bridgehead atoms. The van der Waals surface area contributed by atoms with E-state index in [1.54, 1.807) is 49.9 Å². The van der Waals surface area contributed by atoms with Gasteiger partial charge in [0.1, 0.15) is 5.82 Å². The van der Waals surface area contributed by atoms with Crippen LogP contribution in [0, 0.1) is 5.82 Å². The van der Waals surface area contributed by atoms with Crippen molar-refractivity contribution < 1.29 is 23.8 Å². The second-order valence-electron chi connectivity index (χ2n) is 7.16. The van der Waals surface area contributed by atoms with E-state index in [0.717, 1.165) is 4.90 Å². The Morgan fingerprint density at radius 3 is 2.70 bits per heavy atom. The standard InChI is InChI=1S/C24H22FN3O4S/c1-3-32-24(30)18-10-15-11-21(31-2)23(29)19(12-28-9-8-26-14-28)22(15)27-20(18)13-33-17-6-4-16(25)5-7-17/h4-11,14,29H,3,12-13H2,1-2H3. The number of aromatic hydroxyl groups is 1. The van der Waals surface area contributed by atoms with Gasteiger partial charge in [-0.3, -0.25) is 4.98 Å². The molecule has 2 aromatic heterocycles. The lowest BCUT2D eigenvalue weighted by atomic mass is 10.0. The van der Waals surface area contributed by atoms with Gasteiger partial charge in [-0.05, 0) is 43.3 Å². The maximum absolute atomic E-state index is 13.3. The normalized spacial score (nSPS) is 11.0. The molecule has 2 aromatic carbocycles. The number of esters is 1. The number of fused-ring (bicyclic) bond motifs is 1. The minimum atomic E-state index is -0.482. The molecule has 33 heavy (non-hydrogen) atoms. The summed E-state index contributed by atoms with van der Waals surface area (Å²) in [6, 6.07) is 9.47. The third-order valence-electron chi connectivity index (χ3n) is 5.03. The minimum absolute atomic E-state index is 0.0211. The van der Waals surface area contributed by atoms with Crippen molar-refractivity contribution in [1.82, 2.24) is 14.5 Å². The molecule has 4 aromatic rings. The molecule has 0 spiro atoms. The SMILES string of the molecule is CCOC(=O)c1cc2cc(OC)c(O)c(Cn3ccnc3)c2nc1CSc1ccc(F)cc1. The number of halogens is 1. The van der Waals surface area contributed by atoms with E-state index in [2.05, 4.69) is 4.98 Å². The highest BCUT2D eigenvalue weighted by atomic mass is 32.2. The number of pyridine rings is 1. The molecule has 170 valence electrons. The van der Waals surface area contributed by atoms with Crippen molar-refractivity contribution in [2.45, 2.75) is 24.1 Å². The first-order valence-corrected chi connectivity index (χ1v) is 11.2. The summed E-state index contributed by atoms with van der Waals surface area (Å²) in [4.78, 5) is 22.4. The van der Waals surface area contributed by atoms with Crippen LogP contribution in [0.2, 0.25) is 0 Å². The smallest absolute Gasteiger partial charge is 0.340 e. The summed E-state index contributed by atoms with van der Waals surface area (Å²) in [7, 11) is 1.47. The zero-order valence-electron chi connectivity index (χ0n) is 18.1. The fraction of sp³-hybridized carbons (Fsp3) is 0.208. The maximum Gasteiger partial charge on any atom is 0.340 e. The van der Waals surface area contributed by atoms with Gasteiger partial charge in [-0.2, -0.15) is 0 Å². The van der Waals surface area contributed by atoms with Gasteiger partial charge in [0.05, 0.1) is 43.4 Å². The number of nitrogens with zero attached hydrogens (tertiary/aromatic N) is 3. The van der Waals surface area contributed by atoms with Gasteiger partial charge in [0.25, 0.3) is 0 Å². The van der Waals surface area contributed by atoms with Crippen LogP contribution in [0.25, 0.3) is 10.9 Å². The number of imidazole rings is 1. The maximum atomic E-state index is 13.3. The molecule has 0 saturated carbocycles. The Balaban J connectivity index is 1.83. The van der Waals surface area contributed by atoms with E-state index in [4.69, 9.17) is 14.5 Å². The topological polar surface area (TPSA) is 86.5 Å².